The third kappa shape index (κ3) is 4.94. The molecule has 1 amide bonds. The Morgan fingerprint density at radius 2 is 1.97 bits per heavy atom. The number of carbonyl (C=O) groups excluding carboxylic acids is 1. The minimum atomic E-state index is -0.00985. The van der Waals surface area contributed by atoms with Crippen molar-refractivity contribution < 1.29 is 9.21 Å². The number of nitrogens with one attached hydrogen (secondary N) is 1. The smallest absolute Gasteiger partial charge is 0.226 e. The van der Waals surface area contributed by atoms with E-state index in [1.807, 2.05) is 62.4 Å². The number of hydrogen-bond acceptors (Lipinski definition) is 5. The Hall–Kier alpha value is -2.99. The molecule has 0 radical (unpaired) electrons. The maximum absolute atomic E-state index is 12.7. The van der Waals surface area contributed by atoms with Gasteiger partial charge in [0.2, 0.25) is 11.8 Å². The van der Waals surface area contributed by atoms with Crippen LogP contribution < -0.4 is 5.32 Å². The number of carbonyl (C=O) groups is 1. The monoisotopic (exact) mass is 404 g/mol. The first-order valence-electron chi connectivity index (χ1n) is 10.5. The highest BCUT2D eigenvalue weighted by Gasteiger charge is 2.27. The van der Waals surface area contributed by atoms with Gasteiger partial charge in [0.1, 0.15) is 5.76 Å². The van der Waals surface area contributed by atoms with Crippen LogP contribution in [-0.2, 0) is 17.9 Å². The Labute approximate surface area is 177 Å². The van der Waals surface area contributed by atoms with E-state index in [0.717, 1.165) is 54.3 Å². The maximum Gasteiger partial charge on any atom is 0.226 e. The van der Waals surface area contributed by atoms with Crippen LogP contribution in [-0.4, -0.2) is 33.9 Å². The minimum absolute atomic E-state index is 0.00985. The van der Waals surface area contributed by atoms with Gasteiger partial charge in [0, 0.05) is 24.3 Å². The first-order valence-corrected chi connectivity index (χ1v) is 10.5. The van der Waals surface area contributed by atoms with Gasteiger partial charge >= 0.3 is 0 Å². The van der Waals surface area contributed by atoms with Gasteiger partial charge in [0.15, 0.2) is 0 Å². The number of nitrogens with zero attached hydrogens (tertiary/aromatic N) is 3. The molecule has 4 rings (SSSR count). The lowest BCUT2D eigenvalue weighted by atomic mass is 9.97. The van der Waals surface area contributed by atoms with Gasteiger partial charge in [-0.1, -0.05) is 24.3 Å². The summed E-state index contributed by atoms with van der Waals surface area (Å²) in [7, 11) is 0. The molecule has 3 aromatic rings. The van der Waals surface area contributed by atoms with Crippen molar-refractivity contribution in [3.63, 3.8) is 0 Å². The number of hydrogen-bond donors (Lipinski definition) is 1. The molecule has 1 aliphatic heterocycles. The number of benzene rings is 1. The molecule has 1 N–H and O–H groups in total. The molecule has 1 fully saturated rings. The Morgan fingerprint density at radius 3 is 2.77 bits per heavy atom. The van der Waals surface area contributed by atoms with E-state index in [0.29, 0.717) is 19.0 Å². The van der Waals surface area contributed by atoms with E-state index in [1.165, 1.54) is 0 Å². The molecule has 0 saturated carbocycles. The predicted octanol–water partition coefficient (Wildman–Crippen LogP) is 3.88. The molecule has 30 heavy (non-hydrogen) atoms. The van der Waals surface area contributed by atoms with E-state index in [1.54, 1.807) is 0 Å². The number of piperidine rings is 1. The van der Waals surface area contributed by atoms with Crippen molar-refractivity contribution in [3.05, 3.63) is 71.4 Å². The lowest BCUT2D eigenvalue weighted by Crippen LogP contribution is -2.42. The van der Waals surface area contributed by atoms with Crippen LogP contribution in [0, 0.1) is 19.8 Å². The second-order valence-corrected chi connectivity index (χ2v) is 7.95. The fourth-order valence-electron chi connectivity index (χ4n) is 3.92. The van der Waals surface area contributed by atoms with E-state index in [4.69, 9.17) is 9.40 Å². The molecule has 3 heterocycles. The summed E-state index contributed by atoms with van der Waals surface area (Å²) in [6, 6.07) is 15.8. The van der Waals surface area contributed by atoms with Gasteiger partial charge in [-0.15, -0.1) is 0 Å². The van der Waals surface area contributed by atoms with Crippen molar-refractivity contribution in [1.82, 2.24) is 20.2 Å². The average molecular weight is 405 g/mol. The minimum Gasteiger partial charge on any atom is -0.441 e. The third-order valence-electron chi connectivity index (χ3n) is 5.55. The summed E-state index contributed by atoms with van der Waals surface area (Å²) in [5, 5.41) is 3.06. The molecule has 0 aliphatic carbocycles. The van der Waals surface area contributed by atoms with Gasteiger partial charge in [0.05, 0.1) is 23.9 Å². The second-order valence-electron chi connectivity index (χ2n) is 7.95. The molecule has 2 aromatic heterocycles. The lowest BCUT2D eigenvalue weighted by Gasteiger charge is -2.31. The van der Waals surface area contributed by atoms with E-state index in [9.17, 15) is 4.79 Å². The molecule has 1 saturated heterocycles. The summed E-state index contributed by atoms with van der Waals surface area (Å²) in [6.45, 7) is 6.79. The second kappa shape index (κ2) is 9.22. The fourth-order valence-corrected chi connectivity index (χ4v) is 3.92. The van der Waals surface area contributed by atoms with Crippen LogP contribution in [0.2, 0.25) is 0 Å². The maximum atomic E-state index is 12.7. The molecule has 6 heteroatoms. The molecule has 0 spiro atoms. The fraction of sp³-hybridized carbons (Fsp3) is 0.375. The normalized spacial score (nSPS) is 17.1. The summed E-state index contributed by atoms with van der Waals surface area (Å²) in [6.07, 6.45) is 1.92. The number of aromatic nitrogens is 2. The zero-order chi connectivity index (χ0) is 20.9. The molecule has 0 bridgehead atoms. The Morgan fingerprint density at radius 1 is 1.13 bits per heavy atom. The van der Waals surface area contributed by atoms with Crippen LogP contribution in [0.25, 0.3) is 11.5 Å². The molecule has 6 nitrogen and oxygen atoms in total. The number of aryl methyl sites for hydroxylation is 2. The molecular formula is C24H28N4O2. The predicted molar refractivity (Wildman–Crippen MR) is 115 cm³/mol. The summed E-state index contributed by atoms with van der Waals surface area (Å²) < 4.78 is 5.89. The van der Waals surface area contributed by atoms with E-state index in [-0.39, 0.29) is 11.8 Å². The van der Waals surface area contributed by atoms with E-state index >= 15 is 0 Å². The van der Waals surface area contributed by atoms with Crippen molar-refractivity contribution in [2.45, 2.75) is 39.8 Å². The quantitative estimate of drug-likeness (QED) is 0.675. The largest absolute Gasteiger partial charge is 0.441 e. The SMILES string of the molecule is Cc1cccc(CNC(=O)C2CCCN(Cc3nc(-c4ccccc4)oc3C)C2)n1. The van der Waals surface area contributed by atoms with Crippen molar-refractivity contribution >= 4 is 5.91 Å². The van der Waals surface area contributed by atoms with Gasteiger partial charge in [-0.3, -0.25) is 14.7 Å². The lowest BCUT2D eigenvalue weighted by molar-refractivity contribution is -0.127. The molecule has 1 unspecified atom stereocenters. The molecular weight excluding hydrogens is 376 g/mol. The molecule has 1 aromatic carbocycles. The molecule has 156 valence electrons. The van der Waals surface area contributed by atoms with Gasteiger partial charge < -0.3 is 9.73 Å². The van der Waals surface area contributed by atoms with Crippen LogP contribution in [0.4, 0.5) is 0 Å². The van der Waals surface area contributed by atoms with Crippen molar-refractivity contribution in [1.29, 1.82) is 0 Å². The van der Waals surface area contributed by atoms with Crippen molar-refractivity contribution in [3.8, 4) is 11.5 Å². The standard InChI is InChI=1S/C24H28N4O2/c1-17-8-6-12-21(26-17)14-25-23(29)20-11-7-13-28(15-20)16-22-18(2)30-24(27-22)19-9-4-3-5-10-19/h3-6,8-10,12,20H,7,11,13-16H2,1-2H3,(H,25,29). The highest BCUT2D eigenvalue weighted by atomic mass is 16.4. The first kappa shape index (κ1) is 20.3. The number of amides is 1. The van der Waals surface area contributed by atoms with Crippen molar-refractivity contribution in [2.75, 3.05) is 13.1 Å². The zero-order valence-electron chi connectivity index (χ0n) is 17.6. The third-order valence-corrected chi connectivity index (χ3v) is 5.55. The van der Waals surface area contributed by atoms with Gasteiger partial charge in [-0.2, -0.15) is 0 Å². The summed E-state index contributed by atoms with van der Waals surface area (Å²) >= 11 is 0. The Kier molecular flexibility index (Phi) is 6.23. The number of pyridine rings is 1. The summed E-state index contributed by atoms with van der Waals surface area (Å²) in [5.74, 6) is 1.58. The van der Waals surface area contributed by atoms with Crippen LogP contribution >= 0.6 is 0 Å². The van der Waals surface area contributed by atoms with Gasteiger partial charge in [0.25, 0.3) is 0 Å². The Balaban J connectivity index is 1.35. The average Bonchev–Trinajstić information content (AvgIpc) is 3.13. The van der Waals surface area contributed by atoms with Gasteiger partial charge in [-0.25, -0.2) is 4.98 Å². The summed E-state index contributed by atoms with van der Waals surface area (Å²) in [4.78, 5) is 24.2. The first-order chi connectivity index (χ1) is 14.6. The highest BCUT2D eigenvalue weighted by molar-refractivity contribution is 5.78. The van der Waals surface area contributed by atoms with E-state index < -0.39 is 0 Å². The summed E-state index contributed by atoms with van der Waals surface area (Å²) in [5.41, 5.74) is 3.78. The van der Waals surface area contributed by atoms with Crippen LogP contribution in [0.15, 0.2) is 52.9 Å². The van der Waals surface area contributed by atoms with Gasteiger partial charge in [-0.05, 0) is 57.5 Å². The van der Waals surface area contributed by atoms with Crippen LogP contribution in [0.5, 0.6) is 0 Å². The Bertz CT molecular complexity index is 999. The zero-order valence-corrected chi connectivity index (χ0v) is 17.6. The number of likely N-dealkylation sites (tertiary alicyclic amines) is 1. The number of oxazole rings is 1. The molecule has 1 aliphatic rings. The van der Waals surface area contributed by atoms with E-state index in [2.05, 4.69) is 15.2 Å². The van der Waals surface area contributed by atoms with Crippen LogP contribution in [0.1, 0.15) is 35.7 Å². The highest BCUT2D eigenvalue weighted by Crippen LogP contribution is 2.24. The van der Waals surface area contributed by atoms with Crippen LogP contribution in [0.3, 0.4) is 0 Å². The number of rotatable bonds is 6. The molecule has 1 atom stereocenters. The van der Waals surface area contributed by atoms with Crippen molar-refractivity contribution in [2.24, 2.45) is 5.92 Å². The topological polar surface area (TPSA) is 71.3 Å².